The standard InChI is InChI=1S/C43H78O8/c1-4-5-20-26-36(44)30-31-39-38(40(46)32-41(39)47)27-23-24-29-43(49)51-34-37(45)33-50-42(48)28-22-19-17-15-13-11-9-7-6-8-10-12-14-16-18-21-25-35(2)3/h23-24,30-31,35-41,44-47H,4-22,25-29,32-34H2,1-3H3/b24-23-,31-30+/t36-,37+,38+,39-,40+,41-/m1/s1. The normalized spacial score (nSPS) is 20.5. The van der Waals surface area contributed by atoms with Crippen LogP contribution in [0.1, 0.15) is 181 Å². The number of hydrogen-bond donors (Lipinski definition) is 4. The Hall–Kier alpha value is -1.74. The lowest BCUT2D eigenvalue weighted by Crippen LogP contribution is -2.25. The van der Waals surface area contributed by atoms with Gasteiger partial charge in [-0.05, 0) is 31.1 Å². The minimum atomic E-state index is -1.08. The summed E-state index contributed by atoms with van der Waals surface area (Å²) in [4.78, 5) is 24.2. The van der Waals surface area contributed by atoms with E-state index in [1.807, 2.05) is 6.08 Å². The summed E-state index contributed by atoms with van der Waals surface area (Å²) in [6, 6.07) is 0. The van der Waals surface area contributed by atoms with Gasteiger partial charge in [0.05, 0.1) is 24.7 Å². The first-order chi connectivity index (χ1) is 24.6. The lowest BCUT2D eigenvalue weighted by Gasteiger charge is -2.19. The number of ether oxygens (including phenoxy) is 2. The molecule has 298 valence electrons. The van der Waals surface area contributed by atoms with Gasteiger partial charge in [-0.1, -0.05) is 167 Å². The fourth-order valence-electron chi connectivity index (χ4n) is 6.95. The molecule has 1 saturated carbocycles. The van der Waals surface area contributed by atoms with Crippen molar-refractivity contribution in [2.24, 2.45) is 17.8 Å². The first-order valence-corrected chi connectivity index (χ1v) is 21.0. The van der Waals surface area contributed by atoms with E-state index in [9.17, 15) is 30.0 Å². The van der Waals surface area contributed by atoms with Crippen LogP contribution in [0.2, 0.25) is 0 Å². The van der Waals surface area contributed by atoms with Gasteiger partial charge in [0, 0.05) is 18.8 Å². The summed E-state index contributed by atoms with van der Waals surface area (Å²) in [6.45, 7) is 6.28. The predicted octanol–water partition coefficient (Wildman–Crippen LogP) is 9.30. The zero-order valence-corrected chi connectivity index (χ0v) is 32.9. The Bertz CT molecular complexity index is 902. The van der Waals surface area contributed by atoms with Gasteiger partial charge in [-0.25, -0.2) is 0 Å². The van der Waals surface area contributed by atoms with Crippen molar-refractivity contribution in [3.05, 3.63) is 24.3 Å². The van der Waals surface area contributed by atoms with E-state index in [1.54, 1.807) is 18.2 Å². The lowest BCUT2D eigenvalue weighted by molar-refractivity contribution is -0.151. The van der Waals surface area contributed by atoms with Crippen LogP contribution in [-0.4, -0.2) is 70.0 Å². The average molecular weight is 723 g/mol. The van der Waals surface area contributed by atoms with Crippen LogP contribution in [0.25, 0.3) is 0 Å². The van der Waals surface area contributed by atoms with Crippen LogP contribution in [-0.2, 0) is 19.1 Å². The van der Waals surface area contributed by atoms with Crippen LogP contribution < -0.4 is 0 Å². The van der Waals surface area contributed by atoms with Gasteiger partial charge in [0.1, 0.15) is 19.3 Å². The summed E-state index contributed by atoms with van der Waals surface area (Å²) >= 11 is 0. The molecule has 4 N–H and O–H groups in total. The molecule has 0 aromatic rings. The average Bonchev–Trinajstić information content (AvgIpc) is 3.37. The van der Waals surface area contributed by atoms with Gasteiger partial charge in [0.15, 0.2) is 0 Å². The molecule has 8 heteroatoms. The Labute approximate surface area is 311 Å². The zero-order valence-electron chi connectivity index (χ0n) is 32.9. The molecule has 0 unspecified atom stereocenters. The summed E-state index contributed by atoms with van der Waals surface area (Å²) < 4.78 is 10.3. The topological polar surface area (TPSA) is 134 Å². The van der Waals surface area contributed by atoms with Crippen molar-refractivity contribution in [2.75, 3.05) is 13.2 Å². The third-order valence-electron chi connectivity index (χ3n) is 10.2. The van der Waals surface area contributed by atoms with Gasteiger partial charge >= 0.3 is 11.9 Å². The molecule has 0 aliphatic heterocycles. The first-order valence-electron chi connectivity index (χ1n) is 21.0. The molecule has 0 bridgehead atoms. The smallest absolute Gasteiger partial charge is 0.309 e. The monoisotopic (exact) mass is 723 g/mol. The van der Waals surface area contributed by atoms with E-state index in [0.717, 1.165) is 44.4 Å². The second-order valence-corrected chi connectivity index (χ2v) is 15.6. The minimum absolute atomic E-state index is 0.00741. The maximum absolute atomic E-state index is 12.1. The van der Waals surface area contributed by atoms with Crippen molar-refractivity contribution in [1.29, 1.82) is 0 Å². The molecule has 0 saturated heterocycles. The van der Waals surface area contributed by atoms with Crippen LogP contribution in [0.4, 0.5) is 0 Å². The van der Waals surface area contributed by atoms with Crippen LogP contribution in [0.5, 0.6) is 0 Å². The maximum Gasteiger partial charge on any atom is 0.309 e. The number of aliphatic hydroxyl groups is 4. The Kier molecular flexibility index (Phi) is 29.4. The van der Waals surface area contributed by atoms with Gasteiger partial charge in [0.2, 0.25) is 0 Å². The lowest BCUT2D eigenvalue weighted by atomic mass is 9.89. The molecule has 0 amide bonds. The van der Waals surface area contributed by atoms with Crippen LogP contribution in [0.15, 0.2) is 24.3 Å². The highest BCUT2D eigenvalue weighted by atomic mass is 16.6. The van der Waals surface area contributed by atoms with Gasteiger partial charge in [-0.2, -0.15) is 0 Å². The summed E-state index contributed by atoms with van der Waals surface area (Å²) in [6.07, 6.45) is 30.8. The Morgan fingerprint density at radius 2 is 1.18 bits per heavy atom. The van der Waals surface area contributed by atoms with E-state index >= 15 is 0 Å². The molecule has 1 fully saturated rings. The van der Waals surface area contributed by atoms with Gasteiger partial charge < -0.3 is 29.9 Å². The minimum Gasteiger partial charge on any atom is -0.463 e. The van der Waals surface area contributed by atoms with Crippen molar-refractivity contribution in [1.82, 2.24) is 0 Å². The second-order valence-electron chi connectivity index (χ2n) is 15.6. The summed E-state index contributed by atoms with van der Waals surface area (Å²) in [5.74, 6) is -0.477. The fourth-order valence-corrected chi connectivity index (χ4v) is 6.95. The largest absolute Gasteiger partial charge is 0.463 e. The molecule has 1 aliphatic carbocycles. The Morgan fingerprint density at radius 1 is 0.667 bits per heavy atom. The fraction of sp³-hybridized carbons (Fsp3) is 0.860. The zero-order chi connectivity index (χ0) is 37.5. The molecular formula is C43H78O8. The van der Waals surface area contributed by atoms with Crippen LogP contribution in [0, 0.1) is 17.8 Å². The highest BCUT2D eigenvalue weighted by molar-refractivity contribution is 5.71. The Balaban J connectivity index is 2.01. The highest BCUT2D eigenvalue weighted by Gasteiger charge is 2.39. The second kappa shape index (κ2) is 31.8. The van der Waals surface area contributed by atoms with Gasteiger partial charge in [0.25, 0.3) is 0 Å². The molecule has 0 aromatic carbocycles. The van der Waals surface area contributed by atoms with Gasteiger partial charge in [-0.3, -0.25) is 9.59 Å². The van der Waals surface area contributed by atoms with Crippen molar-refractivity contribution < 1.29 is 39.5 Å². The summed E-state index contributed by atoms with van der Waals surface area (Å²) in [5, 5.41) is 41.1. The van der Waals surface area contributed by atoms with E-state index in [0.29, 0.717) is 19.3 Å². The third-order valence-corrected chi connectivity index (χ3v) is 10.2. The quantitative estimate of drug-likeness (QED) is 0.0299. The van der Waals surface area contributed by atoms with Crippen molar-refractivity contribution in [3.8, 4) is 0 Å². The van der Waals surface area contributed by atoms with E-state index in [2.05, 4.69) is 20.8 Å². The number of carbonyl (C=O) groups is 2. The number of unbranched alkanes of at least 4 members (excludes halogenated alkanes) is 17. The van der Waals surface area contributed by atoms with Crippen molar-refractivity contribution in [3.63, 3.8) is 0 Å². The molecule has 1 rings (SSSR count). The van der Waals surface area contributed by atoms with Crippen molar-refractivity contribution >= 4 is 11.9 Å². The van der Waals surface area contributed by atoms with Crippen LogP contribution >= 0.6 is 0 Å². The summed E-state index contributed by atoms with van der Waals surface area (Å²) in [7, 11) is 0. The number of allylic oxidation sites excluding steroid dienone is 1. The van der Waals surface area contributed by atoms with Crippen molar-refractivity contribution in [2.45, 2.75) is 206 Å². The van der Waals surface area contributed by atoms with Gasteiger partial charge in [-0.15, -0.1) is 0 Å². The molecule has 0 radical (unpaired) electrons. The molecule has 6 atom stereocenters. The first kappa shape index (κ1) is 47.3. The number of hydrogen-bond acceptors (Lipinski definition) is 8. The van der Waals surface area contributed by atoms with Crippen LogP contribution in [0.3, 0.4) is 0 Å². The number of esters is 2. The highest BCUT2D eigenvalue weighted by Crippen LogP contribution is 2.36. The number of rotatable bonds is 33. The number of aliphatic hydroxyl groups excluding tert-OH is 4. The molecular weight excluding hydrogens is 644 g/mol. The number of carbonyl (C=O) groups excluding carboxylic acids is 2. The molecule has 51 heavy (non-hydrogen) atoms. The van der Waals surface area contributed by atoms with E-state index in [-0.39, 0.29) is 43.9 Å². The van der Waals surface area contributed by atoms with E-state index in [1.165, 1.54) is 89.9 Å². The maximum atomic E-state index is 12.1. The van der Waals surface area contributed by atoms with E-state index in [4.69, 9.17) is 9.47 Å². The SMILES string of the molecule is CCCCC[C@@H](O)/C=C/[C@@H]1[C@H](C/C=C\CC(=O)OC[C@@H](O)COC(=O)CCCCCCCCCCCCCCCCCCC(C)C)[C@@H](O)C[C@H]1O. The molecule has 0 heterocycles. The summed E-state index contributed by atoms with van der Waals surface area (Å²) in [5.41, 5.74) is 0. The predicted molar refractivity (Wildman–Crippen MR) is 207 cm³/mol. The molecule has 1 aliphatic rings. The molecule has 8 nitrogen and oxygen atoms in total. The molecule has 0 aromatic heterocycles. The third kappa shape index (κ3) is 26.6. The Morgan fingerprint density at radius 3 is 1.73 bits per heavy atom. The molecule has 0 spiro atoms. The van der Waals surface area contributed by atoms with E-state index < -0.39 is 30.4 Å².